The van der Waals surface area contributed by atoms with Crippen LogP contribution in [0.25, 0.3) is 0 Å². The minimum atomic E-state index is -5.81. The number of hydrogen-bond acceptors (Lipinski definition) is 6. The number of halogens is 3. The quantitative estimate of drug-likeness (QED) is 0.368. The Hall–Kier alpha value is -0.150. The van der Waals surface area contributed by atoms with Crippen LogP contribution in [-0.4, -0.2) is 33.5 Å². The van der Waals surface area contributed by atoms with Gasteiger partial charge in [0.15, 0.2) is 6.35 Å². The number of rotatable bonds is 9. The normalized spacial score (nSPS) is 13.7. The Morgan fingerprint density at radius 2 is 1.47 bits per heavy atom. The zero-order chi connectivity index (χ0) is 15.2. The maximum Gasteiger partial charge on any atom is 0.523 e. The lowest BCUT2D eigenvalue weighted by atomic mass is 10.5. The summed E-state index contributed by atoms with van der Waals surface area (Å²) in [6.45, 7) is 3.27. The Bertz CT molecular complexity index is 395. The van der Waals surface area contributed by atoms with Crippen molar-refractivity contribution in [3.05, 3.63) is 0 Å². The van der Waals surface area contributed by atoms with E-state index in [1.165, 1.54) is 0 Å². The molecule has 0 fully saturated rings. The molecule has 0 aliphatic heterocycles. The summed E-state index contributed by atoms with van der Waals surface area (Å²) in [4.78, 5) is 0. The van der Waals surface area contributed by atoms with Crippen LogP contribution in [0.5, 0.6) is 0 Å². The Labute approximate surface area is 109 Å². The molecule has 0 rings (SSSR count). The molecule has 0 aliphatic carbocycles. The molecule has 0 aromatic rings. The molecule has 0 bridgehead atoms. The average molecular weight is 328 g/mol. The highest BCUT2D eigenvalue weighted by molar-refractivity contribution is 7.87. The first kappa shape index (κ1) is 18.9. The van der Waals surface area contributed by atoms with Gasteiger partial charge in [0, 0.05) is 0 Å². The fourth-order valence-electron chi connectivity index (χ4n) is 0.773. The van der Waals surface area contributed by atoms with E-state index in [4.69, 9.17) is 9.05 Å². The van der Waals surface area contributed by atoms with Crippen LogP contribution in [-0.2, 0) is 27.9 Å². The molecular formula is C8H16F3O6PS. The third-order valence-corrected chi connectivity index (χ3v) is 4.40. The van der Waals surface area contributed by atoms with Gasteiger partial charge >= 0.3 is 23.2 Å². The van der Waals surface area contributed by atoms with Crippen molar-refractivity contribution < 1.29 is 39.4 Å². The minimum Gasteiger partial charge on any atom is -0.307 e. The molecule has 6 nitrogen and oxygen atoms in total. The molecule has 11 heteroatoms. The third kappa shape index (κ3) is 6.71. The van der Waals surface area contributed by atoms with E-state index in [0.29, 0.717) is 12.8 Å². The molecule has 0 saturated heterocycles. The van der Waals surface area contributed by atoms with Crippen molar-refractivity contribution in [3.63, 3.8) is 0 Å². The molecule has 116 valence electrons. The van der Waals surface area contributed by atoms with E-state index in [1.807, 2.05) is 0 Å². The molecular weight excluding hydrogens is 312 g/mol. The first-order valence-electron chi connectivity index (χ1n) is 5.42. The van der Waals surface area contributed by atoms with Gasteiger partial charge in [0.2, 0.25) is 0 Å². The van der Waals surface area contributed by atoms with Gasteiger partial charge in [-0.05, 0) is 12.8 Å². The van der Waals surface area contributed by atoms with Crippen LogP contribution < -0.4 is 0 Å². The van der Waals surface area contributed by atoms with Crippen molar-refractivity contribution in [2.24, 2.45) is 0 Å². The van der Waals surface area contributed by atoms with Crippen molar-refractivity contribution in [1.82, 2.24) is 0 Å². The molecule has 19 heavy (non-hydrogen) atoms. The van der Waals surface area contributed by atoms with Gasteiger partial charge in [-0.15, -0.1) is 0 Å². The second-order valence-electron chi connectivity index (χ2n) is 3.42. The van der Waals surface area contributed by atoms with Gasteiger partial charge in [0.1, 0.15) is 0 Å². The maximum atomic E-state index is 12.0. The lowest BCUT2D eigenvalue weighted by Crippen LogP contribution is -2.26. The predicted molar refractivity (Wildman–Crippen MR) is 61.0 cm³/mol. The summed E-state index contributed by atoms with van der Waals surface area (Å²) in [6.07, 6.45) is -0.425. The molecule has 0 aromatic heterocycles. The van der Waals surface area contributed by atoms with E-state index in [-0.39, 0.29) is 13.2 Å². The SMILES string of the molecule is CCCOP(=O)(COS(=O)(=O)C(F)(F)F)OCCC. The molecule has 0 aliphatic rings. The molecule has 0 saturated carbocycles. The smallest absolute Gasteiger partial charge is 0.307 e. The summed E-state index contributed by atoms with van der Waals surface area (Å²) < 4.78 is 82.5. The summed E-state index contributed by atoms with van der Waals surface area (Å²) in [5.74, 6) is 0. The van der Waals surface area contributed by atoms with E-state index < -0.39 is 29.6 Å². The lowest BCUT2D eigenvalue weighted by Gasteiger charge is -2.18. The van der Waals surface area contributed by atoms with Gasteiger partial charge in [0.05, 0.1) is 13.2 Å². The molecule has 0 N–H and O–H groups in total. The summed E-state index contributed by atoms with van der Waals surface area (Å²) >= 11 is 0. The Morgan fingerprint density at radius 1 is 1.05 bits per heavy atom. The van der Waals surface area contributed by atoms with Crippen LogP contribution in [0.1, 0.15) is 26.7 Å². The van der Waals surface area contributed by atoms with Gasteiger partial charge in [-0.25, -0.2) is 0 Å². The standard InChI is InChI=1S/C8H16F3O6PS/c1-3-5-15-18(12,16-6-4-2)7-17-19(13,14)8(9,10)11/h3-7H2,1-2H3. The maximum absolute atomic E-state index is 12.0. The van der Waals surface area contributed by atoms with Crippen molar-refractivity contribution in [2.75, 3.05) is 19.6 Å². The molecule has 0 heterocycles. The fraction of sp³-hybridized carbons (Fsp3) is 1.00. The van der Waals surface area contributed by atoms with Crippen molar-refractivity contribution in [1.29, 1.82) is 0 Å². The lowest BCUT2D eigenvalue weighted by molar-refractivity contribution is -0.0534. The van der Waals surface area contributed by atoms with Crippen LogP contribution in [0.15, 0.2) is 0 Å². The first-order chi connectivity index (χ1) is 8.58. The molecule has 0 aromatic carbocycles. The molecule has 0 radical (unpaired) electrons. The van der Waals surface area contributed by atoms with Crippen molar-refractivity contribution in [2.45, 2.75) is 32.2 Å². The molecule has 0 amide bonds. The second kappa shape index (κ2) is 7.58. The highest BCUT2D eigenvalue weighted by Crippen LogP contribution is 2.49. The van der Waals surface area contributed by atoms with Crippen LogP contribution in [0.2, 0.25) is 0 Å². The van der Waals surface area contributed by atoms with Crippen LogP contribution >= 0.6 is 7.60 Å². The van der Waals surface area contributed by atoms with Crippen molar-refractivity contribution in [3.8, 4) is 0 Å². The largest absolute Gasteiger partial charge is 0.523 e. The van der Waals surface area contributed by atoms with E-state index >= 15 is 0 Å². The average Bonchev–Trinajstić information content (AvgIpc) is 2.30. The summed E-state index contributed by atoms with van der Waals surface area (Å²) in [5, 5.41) is 0. The zero-order valence-electron chi connectivity index (χ0n) is 10.5. The first-order valence-corrected chi connectivity index (χ1v) is 8.55. The van der Waals surface area contributed by atoms with Gasteiger partial charge in [0.25, 0.3) is 0 Å². The van der Waals surface area contributed by atoms with E-state index in [0.717, 1.165) is 0 Å². The molecule has 0 spiro atoms. The zero-order valence-corrected chi connectivity index (χ0v) is 12.2. The highest BCUT2D eigenvalue weighted by Gasteiger charge is 2.48. The number of hydrogen-bond donors (Lipinski definition) is 0. The highest BCUT2D eigenvalue weighted by atomic mass is 32.2. The minimum absolute atomic E-state index is 0.0452. The third-order valence-electron chi connectivity index (χ3n) is 1.63. The predicted octanol–water partition coefficient (Wildman–Crippen LogP) is 2.86. The molecule has 0 unspecified atom stereocenters. The Kier molecular flexibility index (Phi) is 7.52. The molecule has 0 atom stereocenters. The van der Waals surface area contributed by atoms with Crippen LogP contribution in [0.3, 0.4) is 0 Å². The Morgan fingerprint density at radius 3 is 1.79 bits per heavy atom. The Balaban J connectivity index is 4.71. The fourth-order valence-corrected chi connectivity index (χ4v) is 3.12. The second-order valence-corrected chi connectivity index (χ2v) is 7.03. The van der Waals surface area contributed by atoms with Crippen LogP contribution in [0.4, 0.5) is 13.2 Å². The van der Waals surface area contributed by atoms with Gasteiger partial charge < -0.3 is 9.05 Å². The topological polar surface area (TPSA) is 78.9 Å². The van der Waals surface area contributed by atoms with E-state index in [9.17, 15) is 26.2 Å². The van der Waals surface area contributed by atoms with Crippen LogP contribution in [0, 0.1) is 0 Å². The summed E-state index contributed by atoms with van der Waals surface area (Å²) in [6, 6.07) is 0. The van der Waals surface area contributed by atoms with Gasteiger partial charge in [-0.3, -0.25) is 8.75 Å². The van der Waals surface area contributed by atoms with Gasteiger partial charge in [-0.2, -0.15) is 21.6 Å². The van der Waals surface area contributed by atoms with Crippen molar-refractivity contribution >= 4 is 17.7 Å². The summed E-state index contributed by atoms with van der Waals surface area (Å²) in [5.41, 5.74) is -5.58. The number of alkyl halides is 3. The van der Waals surface area contributed by atoms with E-state index in [2.05, 4.69) is 4.18 Å². The monoisotopic (exact) mass is 328 g/mol. The van der Waals surface area contributed by atoms with E-state index in [1.54, 1.807) is 13.8 Å². The summed E-state index contributed by atoms with van der Waals surface area (Å²) in [7, 11) is -9.83. The van der Waals surface area contributed by atoms with Gasteiger partial charge in [-0.1, -0.05) is 13.8 Å².